The number of rotatable bonds is 4. The largest absolute Gasteiger partial charge is 0.300 e. The molecule has 0 unspecified atom stereocenters. The molecule has 0 fully saturated rings. The number of nitrogens with one attached hydrogen (secondary N) is 1. The molecule has 0 saturated carbocycles. The van der Waals surface area contributed by atoms with Gasteiger partial charge in [-0.05, 0) is 17.7 Å². The predicted octanol–water partition coefficient (Wildman–Crippen LogP) is 4.47. The van der Waals surface area contributed by atoms with Crippen molar-refractivity contribution in [3.8, 4) is 0 Å². The summed E-state index contributed by atoms with van der Waals surface area (Å²) in [6, 6.07) is 7.72. The number of carbonyl (C=O) groups excluding carboxylic acids is 1. The number of thioether (sulfide) groups is 1. The van der Waals surface area contributed by atoms with Gasteiger partial charge in [0, 0.05) is 16.2 Å². The molecule has 0 aliphatic carbocycles. The van der Waals surface area contributed by atoms with E-state index < -0.39 is 5.41 Å². The highest BCUT2D eigenvalue weighted by molar-refractivity contribution is 8.00. The first-order valence-corrected chi connectivity index (χ1v) is 8.55. The van der Waals surface area contributed by atoms with Crippen LogP contribution in [0.1, 0.15) is 26.3 Å². The number of benzene rings is 1. The minimum Gasteiger partial charge on any atom is -0.300 e. The van der Waals surface area contributed by atoms with E-state index in [9.17, 15) is 4.79 Å². The highest BCUT2D eigenvalue weighted by Gasteiger charge is 2.22. The van der Waals surface area contributed by atoms with Gasteiger partial charge in [-0.25, -0.2) is 0 Å². The van der Waals surface area contributed by atoms with Gasteiger partial charge in [0.25, 0.3) is 0 Å². The van der Waals surface area contributed by atoms with E-state index in [1.165, 1.54) is 11.3 Å². The molecule has 0 aliphatic heterocycles. The van der Waals surface area contributed by atoms with E-state index >= 15 is 0 Å². The maximum atomic E-state index is 11.9. The Labute approximate surface area is 137 Å². The van der Waals surface area contributed by atoms with Gasteiger partial charge in [0.1, 0.15) is 0 Å². The summed E-state index contributed by atoms with van der Waals surface area (Å²) < 4.78 is 0.819. The molecular weight excluding hydrogens is 326 g/mol. The third kappa shape index (κ3) is 4.98. The fourth-order valence-electron chi connectivity index (χ4n) is 1.38. The molecule has 1 aromatic carbocycles. The molecule has 1 N–H and O–H groups in total. The standard InChI is InChI=1S/C14H16ClN3OS2/c1-14(2,3)11(19)16-12-17-18-13(21-12)20-8-9-5-4-6-10(15)7-9/h4-7H,8H2,1-3H3,(H,16,17,19). The summed E-state index contributed by atoms with van der Waals surface area (Å²) in [5.41, 5.74) is 0.683. The van der Waals surface area contributed by atoms with Gasteiger partial charge in [-0.1, -0.05) is 67.6 Å². The molecule has 1 amide bonds. The summed E-state index contributed by atoms with van der Waals surface area (Å²) in [7, 11) is 0. The van der Waals surface area contributed by atoms with Crippen LogP contribution in [0.5, 0.6) is 0 Å². The van der Waals surface area contributed by atoms with E-state index in [1.54, 1.807) is 11.8 Å². The summed E-state index contributed by atoms with van der Waals surface area (Å²) in [5.74, 6) is 0.702. The maximum Gasteiger partial charge on any atom is 0.231 e. The number of aromatic nitrogens is 2. The molecule has 0 saturated heterocycles. The first-order chi connectivity index (χ1) is 9.84. The van der Waals surface area contributed by atoms with Crippen LogP contribution >= 0.6 is 34.7 Å². The van der Waals surface area contributed by atoms with Crippen molar-refractivity contribution in [2.75, 3.05) is 5.32 Å². The zero-order valence-electron chi connectivity index (χ0n) is 12.0. The normalized spacial score (nSPS) is 11.4. The molecule has 112 valence electrons. The molecule has 21 heavy (non-hydrogen) atoms. The third-order valence-corrected chi connectivity index (χ3v) is 4.84. The van der Waals surface area contributed by atoms with E-state index in [1.807, 2.05) is 45.0 Å². The van der Waals surface area contributed by atoms with Crippen LogP contribution in [-0.2, 0) is 10.5 Å². The molecule has 4 nitrogen and oxygen atoms in total. The summed E-state index contributed by atoms with van der Waals surface area (Å²) in [6.45, 7) is 5.58. The minimum atomic E-state index is -0.445. The lowest BCUT2D eigenvalue weighted by Crippen LogP contribution is -2.27. The van der Waals surface area contributed by atoms with E-state index in [0.29, 0.717) is 5.13 Å². The average molecular weight is 342 g/mol. The van der Waals surface area contributed by atoms with Crippen molar-refractivity contribution in [2.24, 2.45) is 5.41 Å². The summed E-state index contributed by atoms with van der Waals surface area (Å²) in [4.78, 5) is 11.9. The van der Waals surface area contributed by atoms with E-state index in [4.69, 9.17) is 11.6 Å². The van der Waals surface area contributed by atoms with Crippen molar-refractivity contribution in [1.82, 2.24) is 10.2 Å². The van der Waals surface area contributed by atoms with Gasteiger partial charge in [0.05, 0.1) is 0 Å². The van der Waals surface area contributed by atoms with E-state index in [-0.39, 0.29) is 5.91 Å². The number of carbonyl (C=O) groups is 1. The Morgan fingerprint density at radius 1 is 1.38 bits per heavy atom. The zero-order chi connectivity index (χ0) is 15.5. The maximum absolute atomic E-state index is 11.9. The van der Waals surface area contributed by atoms with Crippen molar-refractivity contribution in [2.45, 2.75) is 30.9 Å². The Kier molecular flexibility index (Phi) is 5.24. The predicted molar refractivity (Wildman–Crippen MR) is 89.0 cm³/mol. The topological polar surface area (TPSA) is 54.9 Å². The van der Waals surface area contributed by atoms with E-state index in [0.717, 1.165) is 20.7 Å². The van der Waals surface area contributed by atoms with Gasteiger partial charge in [-0.15, -0.1) is 10.2 Å². The smallest absolute Gasteiger partial charge is 0.231 e. The highest BCUT2D eigenvalue weighted by atomic mass is 35.5. The zero-order valence-corrected chi connectivity index (χ0v) is 14.4. The van der Waals surface area contributed by atoms with Gasteiger partial charge < -0.3 is 5.32 Å². The Balaban J connectivity index is 1.93. The van der Waals surface area contributed by atoms with Crippen molar-refractivity contribution < 1.29 is 4.79 Å². The van der Waals surface area contributed by atoms with Crippen LogP contribution in [0.25, 0.3) is 0 Å². The van der Waals surface area contributed by atoms with Crippen LogP contribution in [0, 0.1) is 5.41 Å². The first kappa shape index (κ1) is 16.3. The van der Waals surface area contributed by atoms with Gasteiger partial charge in [-0.3, -0.25) is 4.79 Å². The summed E-state index contributed by atoms with van der Waals surface area (Å²) in [6.07, 6.45) is 0. The third-order valence-electron chi connectivity index (χ3n) is 2.56. The average Bonchev–Trinajstić information content (AvgIpc) is 2.83. The number of halogens is 1. The quantitative estimate of drug-likeness (QED) is 0.658. The number of amides is 1. The summed E-state index contributed by atoms with van der Waals surface area (Å²) >= 11 is 8.90. The molecular formula is C14H16ClN3OS2. The van der Waals surface area contributed by atoms with Crippen LogP contribution in [0.4, 0.5) is 5.13 Å². The lowest BCUT2D eigenvalue weighted by molar-refractivity contribution is -0.123. The Morgan fingerprint density at radius 3 is 2.81 bits per heavy atom. The SMILES string of the molecule is CC(C)(C)C(=O)Nc1nnc(SCc2cccc(Cl)c2)s1. The van der Waals surface area contributed by atoms with Crippen LogP contribution in [0.3, 0.4) is 0 Å². The summed E-state index contributed by atoms with van der Waals surface area (Å²) in [5, 5.41) is 12.1. The lowest BCUT2D eigenvalue weighted by atomic mass is 9.96. The fraction of sp³-hybridized carbons (Fsp3) is 0.357. The molecule has 0 bridgehead atoms. The molecule has 1 heterocycles. The Morgan fingerprint density at radius 2 is 2.14 bits per heavy atom. The van der Waals surface area contributed by atoms with Crippen molar-refractivity contribution in [1.29, 1.82) is 0 Å². The van der Waals surface area contributed by atoms with Crippen molar-refractivity contribution in [3.05, 3.63) is 34.9 Å². The number of nitrogens with zero attached hydrogens (tertiary/aromatic N) is 2. The van der Waals surface area contributed by atoms with Crippen molar-refractivity contribution >= 4 is 45.7 Å². The molecule has 2 aromatic rings. The molecule has 0 radical (unpaired) electrons. The van der Waals surface area contributed by atoms with Gasteiger partial charge in [-0.2, -0.15) is 0 Å². The first-order valence-electron chi connectivity index (χ1n) is 6.37. The molecule has 0 aliphatic rings. The monoisotopic (exact) mass is 341 g/mol. The Bertz CT molecular complexity index is 637. The van der Waals surface area contributed by atoms with E-state index in [2.05, 4.69) is 15.5 Å². The second-order valence-electron chi connectivity index (χ2n) is 5.50. The van der Waals surface area contributed by atoms with Gasteiger partial charge >= 0.3 is 0 Å². The van der Waals surface area contributed by atoms with Crippen molar-refractivity contribution in [3.63, 3.8) is 0 Å². The minimum absolute atomic E-state index is 0.0648. The fourth-order valence-corrected chi connectivity index (χ4v) is 3.28. The number of hydrogen-bond donors (Lipinski definition) is 1. The van der Waals surface area contributed by atoms with Crippen LogP contribution in [-0.4, -0.2) is 16.1 Å². The molecule has 7 heteroatoms. The lowest BCUT2D eigenvalue weighted by Gasteiger charge is -2.15. The van der Waals surface area contributed by atoms with Crippen LogP contribution < -0.4 is 5.32 Å². The highest BCUT2D eigenvalue weighted by Crippen LogP contribution is 2.29. The Hall–Kier alpha value is -1.11. The number of hydrogen-bond acceptors (Lipinski definition) is 5. The van der Waals surface area contributed by atoms with Gasteiger partial charge in [0.2, 0.25) is 11.0 Å². The molecule has 2 rings (SSSR count). The molecule has 0 atom stereocenters. The van der Waals surface area contributed by atoms with Crippen LogP contribution in [0.15, 0.2) is 28.6 Å². The number of anilines is 1. The molecule has 1 aromatic heterocycles. The van der Waals surface area contributed by atoms with Gasteiger partial charge in [0.15, 0.2) is 4.34 Å². The second-order valence-corrected chi connectivity index (χ2v) is 8.13. The second kappa shape index (κ2) is 6.77. The van der Waals surface area contributed by atoms with Crippen LogP contribution in [0.2, 0.25) is 5.02 Å². The molecule has 0 spiro atoms.